The van der Waals surface area contributed by atoms with Crippen molar-refractivity contribution in [3.8, 4) is 5.75 Å². The van der Waals surface area contributed by atoms with Crippen LogP contribution in [0.25, 0.3) is 0 Å². The average molecular weight is 285 g/mol. The first-order valence-electron chi connectivity index (χ1n) is 6.37. The van der Waals surface area contributed by atoms with Crippen LogP contribution in [0.2, 0.25) is 0 Å². The lowest BCUT2D eigenvalue weighted by atomic mass is 10.0. The fraction of sp³-hybridized carbons (Fsp3) is 0.125. The summed E-state index contributed by atoms with van der Waals surface area (Å²) in [6.07, 6.45) is 0. The molecule has 2 aromatic rings. The third-order valence-corrected chi connectivity index (χ3v) is 3.11. The number of carboxylic acids is 1. The van der Waals surface area contributed by atoms with E-state index in [1.165, 1.54) is 18.2 Å². The molecule has 0 fully saturated rings. The molecule has 1 atom stereocenters. The van der Waals surface area contributed by atoms with Crippen LogP contribution in [0.3, 0.4) is 0 Å². The number of hydrogen-bond acceptors (Lipinski definition) is 3. The molecule has 0 heterocycles. The number of aromatic hydroxyl groups is 1. The van der Waals surface area contributed by atoms with E-state index in [1.807, 2.05) is 0 Å². The highest BCUT2D eigenvalue weighted by atomic mass is 16.4. The summed E-state index contributed by atoms with van der Waals surface area (Å²) in [5, 5.41) is 21.1. The zero-order valence-electron chi connectivity index (χ0n) is 11.4. The van der Waals surface area contributed by atoms with Crippen LogP contribution in [0.5, 0.6) is 5.75 Å². The Hall–Kier alpha value is -2.82. The number of nitrogens with one attached hydrogen (secondary N) is 1. The Balaban J connectivity index is 2.25. The molecule has 21 heavy (non-hydrogen) atoms. The number of benzene rings is 2. The van der Waals surface area contributed by atoms with Gasteiger partial charge in [0.2, 0.25) is 0 Å². The van der Waals surface area contributed by atoms with Gasteiger partial charge in [-0.05, 0) is 36.2 Å². The SMILES string of the molecule is Cc1cc(O)ccc1C(=O)NC(C(=O)O)c1ccccc1. The second-order valence-electron chi connectivity index (χ2n) is 4.65. The number of carbonyl (C=O) groups excluding carboxylic acids is 1. The largest absolute Gasteiger partial charge is 0.508 e. The summed E-state index contributed by atoms with van der Waals surface area (Å²) in [4.78, 5) is 23.6. The molecule has 2 rings (SSSR count). The lowest BCUT2D eigenvalue weighted by Gasteiger charge is -2.15. The molecule has 0 aromatic heterocycles. The predicted octanol–water partition coefficient (Wildman–Crippen LogP) is 2.26. The summed E-state index contributed by atoms with van der Waals surface area (Å²) in [5.74, 6) is -1.57. The average Bonchev–Trinajstić information content (AvgIpc) is 2.45. The van der Waals surface area contributed by atoms with E-state index in [0.29, 0.717) is 16.7 Å². The molecule has 0 saturated heterocycles. The Morgan fingerprint density at radius 2 is 1.76 bits per heavy atom. The van der Waals surface area contributed by atoms with Crippen molar-refractivity contribution in [1.29, 1.82) is 0 Å². The van der Waals surface area contributed by atoms with Gasteiger partial charge in [0.05, 0.1) is 0 Å². The van der Waals surface area contributed by atoms with Crippen LogP contribution in [-0.2, 0) is 4.79 Å². The summed E-state index contributed by atoms with van der Waals surface area (Å²) in [5.41, 5.74) is 1.40. The van der Waals surface area contributed by atoms with Gasteiger partial charge in [-0.1, -0.05) is 30.3 Å². The number of carboxylic acid groups (broad SMARTS) is 1. The van der Waals surface area contributed by atoms with Crippen molar-refractivity contribution in [2.24, 2.45) is 0 Å². The minimum absolute atomic E-state index is 0.0573. The van der Waals surface area contributed by atoms with Crippen LogP contribution in [0.1, 0.15) is 27.5 Å². The summed E-state index contributed by atoms with van der Waals surface area (Å²) >= 11 is 0. The Labute approximate surface area is 121 Å². The Bertz CT molecular complexity index is 667. The molecule has 0 bridgehead atoms. The van der Waals surface area contributed by atoms with E-state index in [1.54, 1.807) is 37.3 Å². The summed E-state index contributed by atoms with van der Waals surface area (Å²) < 4.78 is 0. The minimum Gasteiger partial charge on any atom is -0.508 e. The number of hydrogen-bond donors (Lipinski definition) is 3. The molecule has 0 spiro atoms. The van der Waals surface area contributed by atoms with Gasteiger partial charge < -0.3 is 15.5 Å². The van der Waals surface area contributed by atoms with Crippen molar-refractivity contribution in [1.82, 2.24) is 5.32 Å². The molecular formula is C16H15NO4. The van der Waals surface area contributed by atoms with Gasteiger partial charge in [-0.25, -0.2) is 4.79 Å². The molecule has 0 saturated carbocycles. The van der Waals surface area contributed by atoms with Crippen LogP contribution in [-0.4, -0.2) is 22.1 Å². The second kappa shape index (κ2) is 6.09. The maximum absolute atomic E-state index is 12.2. The molecule has 5 nitrogen and oxygen atoms in total. The van der Waals surface area contributed by atoms with Crippen molar-refractivity contribution in [3.63, 3.8) is 0 Å². The Morgan fingerprint density at radius 3 is 2.33 bits per heavy atom. The molecule has 0 aliphatic heterocycles. The number of amides is 1. The zero-order valence-corrected chi connectivity index (χ0v) is 11.4. The lowest BCUT2D eigenvalue weighted by molar-refractivity contribution is -0.139. The highest BCUT2D eigenvalue weighted by Gasteiger charge is 2.23. The zero-order chi connectivity index (χ0) is 15.4. The van der Waals surface area contributed by atoms with E-state index in [2.05, 4.69) is 5.32 Å². The predicted molar refractivity (Wildman–Crippen MR) is 77.1 cm³/mol. The third kappa shape index (κ3) is 3.39. The standard InChI is InChI=1S/C16H15NO4/c1-10-9-12(18)7-8-13(10)15(19)17-14(16(20)21)11-5-3-2-4-6-11/h2-9,14,18H,1H3,(H,17,19)(H,20,21). The van der Waals surface area contributed by atoms with Gasteiger partial charge >= 0.3 is 5.97 Å². The van der Waals surface area contributed by atoms with Gasteiger partial charge in [-0.3, -0.25) is 4.79 Å². The minimum atomic E-state index is -1.13. The Morgan fingerprint density at radius 1 is 1.10 bits per heavy atom. The number of carbonyl (C=O) groups is 2. The molecule has 108 valence electrons. The Kier molecular flexibility index (Phi) is 4.23. The molecular weight excluding hydrogens is 270 g/mol. The number of aryl methyl sites for hydroxylation is 1. The summed E-state index contributed by atoms with van der Waals surface area (Å²) in [7, 11) is 0. The van der Waals surface area contributed by atoms with Gasteiger partial charge in [0.15, 0.2) is 6.04 Å². The first kappa shape index (κ1) is 14.6. The van der Waals surface area contributed by atoms with Crippen LogP contribution in [0, 0.1) is 6.92 Å². The molecule has 0 radical (unpaired) electrons. The van der Waals surface area contributed by atoms with Crippen molar-refractivity contribution in [3.05, 3.63) is 65.2 Å². The van der Waals surface area contributed by atoms with Gasteiger partial charge in [-0.15, -0.1) is 0 Å². The number of aliphatic carboxylic acids is 1. The molecule has 1 unspecified atom stereocenters. The highest BCUT2D eigenvalue weighted by Crippen LogP contribution is 2.18. The van der Waals surface area contributed by atoms with Crippen LogP contribution < -0.4 is 5.32 Å². The van der Waals surface area contributed by atoms with Crippen molar-refractivity contribution >= 4 is 11.9 Å². The quantitative estimate of drug-likeness (QED) is 0.804. The fourth-order valence-corrected chi connectivity index (χ4v) is 2.04. The topological polar surface area (TPSA) is 86.6 Å². The van der Waals surface area contributed by atoms with Gasteiger partial charge in [0.1, 0.15) is 5.75 Å². The summed E-state index contributed by atoms with van der Waals surface area (Å²) in [6.45, 7) is 1.67. The molecule has 3 N–H and O–H groups in total. The molecule has 0 aliphatic rings. The fourth-order valence-electron chi connectivity index (χ4n) is 2.04. The van der Waals surface area contributed by atoms with E-state index in [9.17, 15) is 19.8 Å². The van der Waals surface area contributed by atoms with Gasteiger partial charge in [-0.2, -0.15) is 0 Å². The smallest absolute Gasteiger partial charge is 0.330 e. The molecule has 2 aromatic carbocycles. The van der Waals surface area contributed by atoms with Crippen molar-refractivity contribution < 1.29 is 19.8 Å². The van der Waals surface area contributed by atoms with Crippen LogP contribution in [0.15, 0.2) is 48.5 Å². The van der Waals surface area contributed by atoms with Gasteiger partial charge in [0, 0.05) is 5.56 Å². The van der Waals surface area contributed by atoms with Crippen LogP contribution >= 0.6 is 0 Å². The molecule has 0 aliphatic carbocycles. The maximum atomic E-state index is 12.2. The first-order valence-corrected chi connectivity index (χ1v) is 6.37. The van der Waals surface area contributed by atoms with Crippen molar-refractivity contribution in [2.45, 2.75) is 13.0 Å². The molecule has 1 amide bonds. The number of rotatable bonds is 4. The second-order valence-corrected chi connectivity index (χ2v) is 4.65. The van der Waals surface area contributed by atoms with Crippen LogP contribution in [0.4, 0.5) is 0 Å². The monoisotopic (exact) mass is 285 g/mol. The summed E-state index contributed by atoms with van der Waals surface area (Å²) in [6, 6.07) is 11.7. The number of phenols is 1. The van der Waals surface area contributed by atoms with E-state index in [4.69, 9.17) is 0 Å². The lowest BCUT2D eigenvalue weighted by Crippen LogP contribution is -2.34. The highest BCUT2D eigenvalue weighted by molar-refractivity contribution is 5.98. The van der Waals surface area contributed by atoms with Gasteiger partial charge in [0.25, 0.3) is 5.91 Å². The van der Waals surface area contributed by atoms with E-state index in [0.717, 1.165) is 0 Å². The first-order chi connectivity index (χ1) is 9.99. The third-order valence-electron chi connectivity index (χ3n) is 3.11. The maximum Gasteiger partial charge on any atom is 0.330 e. The normalized spacial score (nSPS) is 11.7. The van der Waals surface area contributed by atoms with E-state index < -0.39 is 17.9 Å². The molecule has 5 heteroatoms. The van der Waals surface area contributed by atoms with E-state index >= 15 is 0 Å². The van der Waals surface area contributed by atoms with E-state index in [-0.39, 0.29) is 5.75 Å². The van der Waals surface area contributed by atoms with Crippen molar-refractivity contribution in [2.75, 3.05) is 0 Å². The number of phenolic OH excluding ortho intramolecular Hbond substituents is 1.